The lowest BCUT2D eigenvalue weighted by atomic mass is 10.2. The fourth-order valence-electron chi connectivity index (χ4n) is 2.03. The Morgan fingerprint density at radius 2 is 2.31 bits per heavy atom. The van der Waals surface area contributed by atoms with Crippen molar-refractivity contribution in [2.45, 2.75) is 31.5 Å². The standard InChI is InChI=1S/C9H15FN2O/c10-7-3-5-12(6-7)9(13)8-2-1-4-11-8/h7-8,11H,1-6H2/t7-,8-/m1/s1. The minimum atomic E-state index is -0.801. The van der Waals surface area contributed by atoms with Crippen molar-refractivity contribution in [2.24, 2.45) is 0 Å². The van der Waals surface area contributed by atoms with Gasteiger partial charge in [0.15, 0.2) is 0 Å². The zero-order chi connectivity index (χ0) is 9.26. The van der Waals surface area contributed by atoms with Crippen LogP contribution in [0.3, 0.4) is 0 Å². The topological polar surface area (TPSA) is 32.3 Å². The summed E-state index contributed by atoms with van der Waals surface area (Å²) in [4.78, 5) is 13.3. The summed E-state index contributed by atoms with van der Waals surface area (Å²) in [6.07, 6.45) is 1.68. The van der Waals surface area contributed by atoms with Gasteiger partial charge in [0.1, 0.15) is 6.17 Å². The molecule has 0 spiro atoms. The number of alkyl halides is 1. The maximum Gasteiger partial charge on any atom is 0.239 e. The number of nitrogens with one attached hydrogen (secondary N) is 1. The smallest absolute Gasteiger partial charge is 0.239 e. The van der Waals surface area contributed by atoms with Gasteiger partial charge in [-0.3, -0.25) is 4.79 Å². The lowest BCUT2D eigenvalue weighted by Gasteiger charge is -2.19. The Morgan fingerprint density at radius 3 is 2.85 bits per heavy atom. The number of rotatable bonds is 1. The molecule has 4 heteroatoms. The summed E-state index contributed by atoms with van der Waals surface area (Å²) in [6.45, 7) is 1.82. The SMILES string of the molecule is O=C([C@H]1CCCN1)N1CC[C@@H](F)C1. The molecule has 2 heterocycles. The van der Waals surface area contributed by atoms with Crippen molar-refractivity contribution >= 4 is 5.91 Å². The molecule has 0 bridgehead atoms. The molecule has 2 rings (SSSR count). The highest BCUT2D eigenvalue weighted by Gasteiger charge is 2.31. The van der Waals surface area contributed by atoms with Gasteiger partial charge in [-0.1, -0.05) is 0 Å². The van der Waals surface area contributed by atoms with Gasteiger partial charge >= 0.3 is 0 Å². The highest BCUT2D eigenvalue weighted by molar-refractivity contribution is 5.82. The van der Waals surface area contributed by atoms with Crippen molar-refractivity contribution in [2.75, 3.05) is 19.6 Å². The van der Waals surface area contributed by atoms with E-state index in [9.17, 15) is 9.18 Å². The van der Waals surface area contributed by atoms with Gasteiger partial charge in [0.25, 0.3) is 0 Å². The number of hydrogen-bond donors (Lipinski definition) is 1. The normalized spacial score (nSPS) is 34.1. The minimum absolute atomic E-state index is 0.0368. The molecule has 13 heavy (non-hydrogen) atoms. The predicted octanol–water partition coefficient (Wildman–Crippen LogP) is 0.309. The zero-order valence-electron chi connectivity index (χ0n) is 7.63. The van der Waals surface area contributed by atoms with E-state index < -0.39 is 6.17 Å². The Bertz CT molecular complexity index is 204. The van der Waals surface area contributed by atoms with Gasteiger partial charge in [-0.15, -0.1) is 0 Å². The molecule has 2 aliphatic heterocycles. The summed E-state index contributed by atoms with van der Waals surface area (Å²) in [7, 11) is 0. The van der Waals surface area contributed by atoms with Crippen LogP contribution in [0.5, 0.6) is 0 Å². The van der Waals surface area contributed by atoms with Gasteiger partial charge in [0, 0.05) is 6.54 Å². The van der Waals surface area contributed by atoms with Gasteiger partial charge in [-0.2, -0.15) is 0 Å². The van der Waals surface area contributed by atoms with Crippen LogP contribution in [-0.4, -0.2) is 42.7 Å². The molecule has 2 saturated heterocycles. The summed E-state index contributed by atoms with van der Waals surface area (Å²) < 4.78 is 12.8. The summed E-state index contributed by atoms with van der Waals surface area (Å²) in [5, 5.41) is 3.13. The van der Waals surface area contributed by atoms with Crippen LogP contribution in [0.25, 0.3) is 0 Å². The third kappa shape index (κ3) is 1.82. The molecule has 2 atom stereocenters. The highest BCUT2D eigenvalue weighted by atomic mass is 19.1. The average Bonchev–Trinajstić information content (AvgIpc) is 2.72. The molecule has 0 aromatic heterocycles. The van der Waals surface area contributed by atoms with Crippen LogP contribution in [0.15, 0.2) is 0 Å². The first-order chi connectivity index (χ1) is 6.27. The average molecular weight is 186 g/mol. The Morgan fingerprint density at radius 1 is 1.46 bits per heavy atom. The van der Waals surface area contributed by atoms with Crippen molar-refractivity contribution in [3.05, 3.63) is 0 Å². The Kier molecular flexibility index (Phi) is 2.49. The lowest BCUT2D eigenvalue weighted by molar-refractivity contribution is -0.132. The number of carbonyl (C=O) groups excluding carboxylic acids is 1. The number of halogens is 1. The van der Waals surface area contributed by atoms with Crippen LogP contribution in [0.1, 0.15) is 19.3 Å². The van der Waals surface area contributed by atoms with Crippen LogP contribution in [0.4, 0.5) is 4.39 Å². The largest absolute Gasteiger partial charge is 0.338 e. The molecule has 0 radical (unpaired) electrons. The second-order valence-corrected chi connectivity index (χ2v) is 3.82. The molecule has 2 aliphatic rings. The molecular weight excluding hydrogens is 171 g/mol. The Balaban J connectivity index is 1.89. The molecule has 1 N–H and O–H groups in total. The summed E-state index contributed by atoms with van der Waals surface area (Å²) in [6, 6.07) is -0.0368. The Labute approximate surface area is 77.3 Å². The van der Waals surface area contributed by atoms with Crippen LogP contribution in [0, 0.1) is 0 Å². The molecule has 3 nitrogen and oxygen atoms in total. The van der Waals surface area contributed by atoms with Gasteiger partial charge < -0.3 is 10.2 Å². The van der Waals surface area contributed by atoms with Crippen LogP contribution < -0.4 is 5.32 Å². The van der Waals surface area contributed by atoms with Gasteiger partial charge in [0.2, 0.25) is 5.91 Å². The van der Waals surface area contributed by atoms with E-state index in [2.05, 4.69) is 5.32 Å². The van der Waals surface area contributed by atoms with E-state index in [1.807, 2.05) is 0 Å². The maximum atomic E-state index is 12.8. The molecule has 0 aromatic rings. The van der Waals surface area contributed by atoms with E-state index in [0.29, 0.717) is 19.5 Å². The molecule has 0 unspecified atom stereocenters. The molecule has 0 aromatic carbocycles. The fourth-order valence-corrected chi connectivity index (χ4v) is 2.03. The van der Waals surface area contributed by atoms with E-state index in [0.717, 1.165) is 19.4 Å². The van der Waals surface area contributed by atoms with E-state index in [4.69, 9.17) is 0 Å². The van der Waals surface area contributed by atoms with Gasteiger partial charge in [-0.05, 0) is 25.8 Å². The molecule has 2 fully saturated rings. The van der Waals surface area contributed by atoms with Crippen molar-refractivity contribution < 1.29 is 9.18 Å². The molecule has 74 valence electrons. The van der Waals surface area contributed by atoms with Crippen molar-refractivity contribution in [3.63, 3.8) is 0 Å². The van der Waals surface area contributed by atoms with Gasteiger partial charge in [0.05, 0.1) is 12.6 Å². The number of amides is 1. The number of carbonyl (C=O) groups is 1. The van der Waals surface area contributed by atoms with Crippen LogP contribution in [-0.2, 0) is 4.79 Å². The van der Waals surface area contributed by atoms with Crippen molar-refractivity contribution in [1.29, 1.82) is 0 Å². The summed E-state index contributed by atoms with van der Waals surface area (Å²) in [5.74, 6) is 0.0950. The van der Waals surface area contributed by atoms with Crippen molar-refractivity contribution in [1.82, 2.24) is 10.2 Å². The number of likely N-dealkylation sites (tertiary alicyclic amines) is 1. The third-order valence-corrected chi connectivity index (χ3v) is 2.80. The number of hydrogen-bond acceptors (Lipinski definition) is 2. The second-order valence-electron chi connectivity index (χ2n) is 3.82. The first-order valence-corrected chi connectivity index (χ1v) is 4.93. The first kappa shape index (κ1) is 8.94. The molecule has 1 amide bonds. The van der Waals surface area contributed by atoms with Crippen LogP contribution >= 0.6 is 0 Å². The van der Waals surface area contributed by atoms with Crippen molar-refractivity contribution in [3.8, 4) is 0 Å². The lowest BCUT2D eigenvalue weighted by Crippen LogP contribution is -2.42. The van der Waals surface area contributed by atoms with Gasteiger partial charge in [-0.25, -0.2) is 4.39 Å². The molecule has 0 aliphatic carbocycles. The molecular formula is C9H15FN2O. The number of nitrogens with zero attached hydrogens (tertiary/aromatic N) is 1. The fraction of sp³-hybridized carbons (Fsp3) is 0.889. The highest BCUT2D eigenvalue weighted by Crippen LogP contribution is 2.16. The van der Waals surface area contributed by atoms with E-state index in [1.54, 1.807) is 4.90 Å². The monoisotopic (exact) mass is 186 g/mol. The zero-order valence-corrected chi connectivity index (χ0v) is 7.63. The predicted molar refractivity (Wildman–Crippen MR) is 47.1 cm³/mol. The van der Waals surface area contributed by atoms with E-state index in [-0.39, 0.29) is 11.9 Å². The Hall–Kier alpha value is -0.640. The van der Waals surface area contributed by atoms with E-state index >= 15 is 0 Å². The second kappa shape index (κ2) is 3.62. The van der Waals surface area contributed by atoms with E-state index in [1.165, 1.54) is 0 Å². The maximum absolute atomic E-state index is 12.8. The molecule has 0 saturated carbocycles. The summed E-state index contributed by atoms with van der Waals surface area (Å²) >= 11 is 0. The van der Waals surface area contributed by atoms with Crippen LogP contribution in [0.2, 0.25) is 0 Å². The summed E-state index contributed by atoms with van der Waals surface area (Å²) in [5.41, 5.74) is 0. The third-order valence-electron chi connectivity index (χ3n) is 2.80. The minimum Gasteiger partial charge on any atom is -0.338 e. The first-order valence-electron chi connectivity index (χ1n) is 4.93. The quantitative estimate of drug-likeness (QED) is 0.639.